The van der Waals surface area contributed by atoms with Crippen LogP contribution in [0.2, 0.25) is 0 Å². The second-order valence-electron chi connectivity index (χ2n) is 6.02. The summed E-state index contributed by atoms with van der Waals surface area (Å²) in [5.74, 6) is -0.235. The van der Waals surface area contributed by atoms with E-state index in [-0.39, 0.29) is 18.4 Å². The van der Waals surface area contributed by atoms with Gasteiger partial charge in [-0.2, -0.15) is 0 Å². The Morgan fingerprint density at radius 3 is 2.76 bits per heavy atom. The molecule has 1 rings (SSSR count). The molecular formula is C16H30N2O3. The first-order chi connectivity index (χ1) is 10.1. The topological polar surface area (TPSA) is 78.4 Å². The number of carboxylic acids is 1. The van der Waals surface area contributed by atoms with E-state index in [1.165, 1.54) is 6.42 Å². The third-order valence-corrected chi connectivity index (χ3v) is 4.19. The van der Waals surface area contributed by atoms with E-state index in [0.29, 0.717) is 18.9 Å². The van der Waals surface area contributed by atoms with Crippen molar-refractivity contribution in [2.24, 2.45) is 5.92 Å². The molecule has 0 aromatic heterocycles. The number of hydrogen-bond donors (Lipinski definition) is 3. The molecule has 0 aliphatic carbocycles. The van der Waals surface area contributed by atoms with Crippen molar-refractivity contribution in [1.82, 2.24) is 10.6 Å². The van der Waals surface area contributed by atoms with Gasteiger partial charge in [-0.25, -0.2) is 0 Å². The van der Waals surface area contributed by atoms with Gasteiger partial charge in [0, 0.05) is 13.0 Å². The number of hydrogen-bond acceptors (Lipinski definition) is 3. The van der Waals surface area contributed by atoms with Gasteiger partial charge in [0.25, 0.3) is 0 Å². The lowest BCUT2D eigenvalue weighted by Gasteiger charge is -2.18. The van der Waals surface area contributed by atoms with E-state index in [1.54, 1.807) is 0 Å². The Kier molecular flexibility index (Phi) is 9.06. The van der Waals surface area contributed by atoms with Gasteiger partial charge in [0.05, 0.1) is 6.04 Å². The number of nitrogens with one attached hydrogen (secondary N) is 2. The molecule has 0 saturated carbocycles. The van der Waals surface area contributed by atoms with Crippen LogP contribution in [0.1, 0.15) is 64.7 Å². The van der Waals surface area contributed by atoms with Crippen LogP contribution in [-0.4, -0.2) is 36.1 Å². The molecule has 2 unspecified atom stereocenters. The number of rotatable bonds is 9. The molecule has 5 heteroatoms. The molecule has 1 fully saturated rings. The fourth-order valence-electron chi connectivity index (χ4n) is 2.94. The van der Waals surface area contributed by atoms with E-state index in [9.17, 15) is 9.59 Å². The van der Waals surface area contributed by atoms with E-state index in [1.807, 2.05) is 0 Å². The smallest absolute Gasteiger partial charge is 0.303 e. The lowest BCUT2D eigenvalue weighted by molar-refractivity contribution is -0.137. The molecule has 0 aromatic carbocycles. The number of amides is 1. The average molecular weight is 298 g/mol. The fraction of sp³-hybridized carbons (Fsp3) is 0.875. The first kappa shape index (κ1) is 18.0. The molecule has 1 heterocycles. The Labute approximate surface area is 127 Å². The van der Waals surface area contributed by atoms with Crippen LogP contribution in [0.4, 0.5) is 0 Å². The maximum absolute atomic E-state index is 12.1. The summed E-state index contributed by atoms with van der Waals surface area (Å²) in [5.41, 5.74) is 0. The monoisotopic (exact) mass is 298 g/mol. The fourth-order valence-corrected chi connectivity index (χ4v) is 2.94. The van der Waals surface area contributed by atoms with Crippen LogP contribution in [0.3, 0.4) is 0 Å². The van der Waals surface area contributed by atoms with E-state index in [2.05, 4.69) is 17.6 Å². The van der Waals surface area contributed by atoms with E-state index in [4.69, 9.17) is 5.11 Å². The van der Waals surface area contributed by atoms with Crippen molar-refractivity contribution in [3.63, 3.8) is 0 Å². The standard InChI is InChI=1S/C16H30N2O3/c1-2-6-13(8-9-15(19)20)10-12-18-16(21)14-7-4-3-5-11-17-14/h13-14,17H,2-12H2,1H3,(H,18,21)(H,19,20). The third kappa shape index (κ3) is 8.05. The Bertz CT molecular complexity index is 313. The molecule has 1 saturated heterocycles. The second kappa shape index (κ2) is 10.6. The van der Waals surface area contributed by atoms with E-state index >= 15 is 0 Å². The highest BCUT2D eigenvalue weighted by molar-refractivity contribution is 5.81. The molecule has 21 heavy (non-hydrogen) atoms. The van der Waals surface area contributed by atoms with Crippen LogP contribution in [-0.2, 0) is 9.59 Å². The van der Waals surface area contributed by atoms with Crippen LogP contribution in [0.5, 0.6) is 0 Å². The molecular weight excluding hydrogens is 268 g/mol. The van der Waals surface area contributed by atoms with Gasteiger partial charge in [0.1, 0.15) is 0 Å². The minimum absolute atomic E-state index is 0.0452. The predicted octanol–water partition coefficient (Wildman–Crippen LogP) is 2.31. The summed E-state index contributed by atoms with van der Waals surface area (Å²) in [6.07, 6.45) is 8.28. The quantitative estimate of drug-likeness (QED) is 0.610. The highest BCUT2D eigenvalue weighted by Crippen LogP contribution is 2.17. The lowest BCUT2D eigenvalue weighted by atomic mass is 9.94. The second-order valence-corrected chi connectivity index (χ2v) is 6.02. The van der Waals surface area contributed by atoms with Gasteiger partial charge in [-0.1, -0.05) is 32.6 Å². The summed E-state index contributed by atoms with van der Waals surface area (Å²) in [5, 5.41) is 15.1. The van der Waals surface area contributed by atoms with Crippen molar-refractivity contribution in [2.45, 2.75) is 70.8 Å². The van der Waals surface area contributed by atoms with Gasteiger partial charge >= 0.3 is 5.97 Å². The molecule has 2 atom stereocenters. The molecule has 1 aliphatic rings. The first-order valence-corrected chi connectivity index (χ1v) is 8.36. The Hall–Kier alpha value is -1.10. The van der Waals surface area contributed by atoms with Crippen molar-refractivity contribution in [2.75, 3.05) is 13.1 Å². The number of carboxylic acid groups (broad SMARTS) is 1. The number of carbonyl (C=O) groups excluding carboxylic acids is 1. The van der Waals surface area contributed by atoms with Crippen LogP contribution in [0.15, 0.2) is 0 Å². The maximum Gasteiger partial charge on any atom is 0.303 e. The van der Waals surface area contributed by atoms with Gasteiger partial charge in [-0.3, -0.25) is 9.59 Å². The lowest BCUT2D eigenvalue weighted by Crippen LogP contribution is -2.44. The molecule has 0 spiro atoms. The summed E-state index contributed by atoms with van der Waals surface area (Å²) >= 11 is 0. The van der Waals surface area contributed by atoms with Crippen molar-refractivity contribution < 1.29 is 14.7 Å². The predicted molar refractivity (Wildman–Crippen MR) is 83.2 cm³/mol. The highest BCUT2D eigenvalue weighted by atomic mass is 16.4. The SMILES string of the molecule is CCCC(CCNC(=O)C1CCCCCN1)CCC(=O)O. The first-order valence-electron chi connectivity index (χ1n) is 8.36. The zero-order valence-corrected chi connectivity index (χ0v) is 13.2. The summed E-state index contributed by atoms with van der Waals surface area (Å²) < 4.78 is 0. The van der Waals surface area contributed by atoms with Gasteiger partial charge in [-0.15, -0.1) is 0 Å². The van der Waals surface area contributed by atoms with Gasteiger partial charge in [0.15, 0.2) is 0 Å². The maximum atomic E-state index is 12.1. The third-order valence-electron chi connectivity index (χ3n) is 4.19. The molecule has 0 radical (unpaired) electrons. The number of carbonyl (C=O) groups is 2. The van der Waals surface area contributed by atoms with Crippen LogP contribution in [0.25, 0.3) is 0 Å². The highest BCUT2D eigenvalue weighted by Gasteiger charge is 2.19. The molecule has 1 amide bonds. The molecule has 3 N–H and O–H groups in total. The largest absolute Gasteiger partial charge is 0.481 e. The van der Waals surface area contributed by atoms with E-state index in [0.717, 1.165) is 45.1 Å². The zero-order valence-electron chi connectivity index (χ0n) is 13.2. The van der Waals surface area contributed by atoms with Gasteiger partial charge in [-0.05, 0) is 38.1 Å². The zero-order chi connectivity index (χ0) is 15.5. The molecule has 122 valence electrons. The minimum Gasteiger partial charge on any atom is -0.481 e. The molecule has 1 aliphatic heterocycles. The van der Waals surface area contributed by atoms with Crippen LogP contribution >= 0.6 is 0 Å². The Morgan fingerprint density at radius 2 is 2.05 bits per heavy atom. The molecule has 5 nitrogen and oxygen atoms in total. The molecule has 0 bridgehead atoms. The minimum atomic E-state index is -0.734. The van der Waals surface area contributed by atoms with E-state index < -0.39 is 5.97 Å². The number of aliphatic carboxylic acids is 1. The van der Waals surface area contributed by atoms with Crippen molar-refractivity contribution in [3.8, 4) is 0 Å². The summed E-state index contributed by atoms with van der Waals surface area (Å²) in [4.78, 5) is 22.7. The van der Waals surface area contributed by atoms with Crippen LogP contribution < -0.4 is 10.6 Å². The summed E-state index contributed by atoms with van der Waals surface area (Å²) in [6.45, 7) is 3.69. The molecule has 0 aromatic rings. The van der Waals surface area contributed by atoms with Gasteiger partial charge in [0.2, 0.25) is 5.91 Å². The van der Waals surface area contributed by atoms with Crippen LogP contribution in [0, 0.1) is 5.92 Å². The normalized spacial score (nSPS) is 20.5. The van der Waals surface area contributed by atoms with Crippen molar-refractivity contribution in [1.29, 1.82) is 0 Å². The van der Waals surface area contributed by atoms with Crippen molar-refractivity contribution in [3.05, 3.63) is 0 Å². The summed E-state index contributed by atoms with van der Waals surface area (Å²) in [7, 11) is 0. The average Bonchev–Trinajstić information content (AvgIpc) is 2.73. The summed E-state index contributed by atoms with van der Waals surface area (Å²) in [6, 6.07) is -0.0452. The van der Waals surface area contributed by atoms with Crippen molar-refractivity contribution >= 4 is 11.9 Å². The Balaban J connectivity index is 2.24. The Morgan fingerprint density at radius 1 is 1.24 bits per heavy atom. The van der Waals surface area contributed by atoms with Gasteiger partial charge < -0.3 is 15.7 Å².